The number of nitrogens with one attached hydrogen (secondary N) is 1. The number of ether oxygens (including phenoxy) is 1. The van der Waals surface area contributed by atoms with Crippen LogP contribution in [0.15, 0.2) is 18.2 Å². The van der Waals surface area contributed by atoms with Gasteiger partial charge >= 0.3 is 0 Å². The standard InChI is InChI=1S/C16H24N2O3/c1-3-4-12-5-7-13(8-6-12)17-15-11-14(21-2)9-10-16(15)18(19)20/h9-13,17H,3-8H2,1-2H3. The van der Waals surface area contributed by atoms with Crippen LogP contribution in [0.2, 0.25) is 0 Å². The van der Waals surface area contributed by atoms with Crippen molar-refractivity contribution >= 4 is 11.4 Å². The van der Waals surface area contributed by atoms with E-state index in [9.17, 15) is 10.1 Å². The molecule has 0 bridgehead atoms. The monoisotopic (exact) mass is 292 g/mol. The highest BCUT2D eigenvalue weighted by molar-refractivity contribution is 5.64. The number of nitrogens with zero attached hydrogens (tertiary/aromatic N) is 1. The van der Waals surface area contributed by atoms with E-state index in [0.717, 1.165) is 18.8 Å². The van der Waals surface area contributed by atoms with E-state index in [1.54, 1.807) is 19.2 Å². The van der Waals surface area contributed by atoms with Crippen molar-refractivity contribution in [1.82, 2.24) is 0 Å². The molecule has 1 fully saturated rings. The lowest BCUT2D eigenvalue weighted by Gasteiger charge is -2.29. The molecule has 1 aromatic rings. The first-order valence-corrected chi connectivity index (χ1v) is 7.73. The van der Waals surface area contributed by atoms with Gasteiger partial charge in [0.05, 0.1) is 12.0 Å². The van der Waals surface area contributed by atoms with Gasteiger partial charge in [0.1, 0.15) is 11.4 Å². The van der Waals surface area contributed by atoms with E-state index in [4.69, 9.17) is 4.74 Å². The molecular weight excluding hydrogens is 268 g/mol. The molecule has 21 heavy (non-hydrogen) atoms. The topological polar surface area (TPSA) is 64.4 Å². The molecule has 0 spiro atoms. The van der Waals surface area contributed by atoms with E-state index >= 15 is 0 Å². The molecule has 0 amide bonds. The van der Waals surface area contributed by atoms with Crippen molar-refractivity contribution in [3.63, 3.8) is 0 Å². The normalized spacial score (nSPS) is 21.8. The van der Waals surface area contributed by atoms with Gasteiger partial charge in [-0.2, -0.15) is 0 Å². The van der Waals surface area contributed by atoms with Crippen LogP contribution < -0.4 is 10.1 Å². The van der Waals surface area contributed by atoms with Gasteiger partial charge in [-0.05, 0) is 37.7 Å². The van der Waals surface area contributed by atoms with Crippen LogP contribution in [0.1, 0.15) is 45.4 Å². The molecule has 1 aliphatic carbocycles. The summed E-state index contributed by atoms with van der Waals surface area (Å²) in [6.07, 6.45) is 7.13. The molecular formula is C16H24N2O3. The lowest BCUT2D eigenvalue weighted by atomic mass is 9.83. The average molecular weight is 292 g/mol. The SMILES string of the molecule is CCCC1CCC(Nc2cc(OC)ccc2[N+](=O)[O-])CC1. The number of benzene rings is 1. The Labute approximate surface area is 125 Å². The molecule has 1 saturated carbocycles. The number of nitro benzene ring substituents is 1. The Morgan fingerprint density at radius 1 is 1.33 bits per heavy atom. The van der Waals surface area contributed by atoms with Crippen LogP contribution in [-0.4, -0.2) is 18.1 Å². The van der Waals surface area contributed by atoms with Crippen molar-refractivity contribution in [2.45, 2.75) is 51.5 Å². The van der Waals surface area contributed by atoms with Gasteiger partial charge in [-0.25, -0.2) is 0 Å². The maximum absolute atomic E-state index is 11.1. The van der Waals surface area contributed by atoms with E-state index in [0.29, 0.717) is 17.5 Å². The quantitative estimate of drug-likeness (QED) is 0.624. The number of hydrogen-bond donors (Lipinski definition) is 1. The van der Waals surface area contributed by atoms with Crippen LogP contribution in [0.3, 0.4) is 0 Å². The summed E-state index contributed by atoms with van der Waals surface area (Å²) in [7, 11) is 1.57. The fourth-order valence-electron chi connectivity index (χ4n) is 3.14. The third kappa shape index (κ3) is 4.09. The Kier molecular flexibility index (Phi) is 5.42. The highest BCUT2D eigenvalue weighted by Crippen LogP contribution is 2.33. The Bertz CT molecular complexity index is 482. The van der Waals surface area contributed by atoms with Crippen LogP contribution in [0.4, 0.5) is 11.4 Å². The van der Waals surface area contributed by atoms with E-state index in [-0.39, 0.29) is 10.6 Å². The summed E-state index contributed by atoms with van der Waals surface area (Å²) in [4.78, 5) is 10.8. The predicted octanol–water partition coefficient (Wildman–Crippen LogP) is 4.37. The Morgan fingerprint density at radius 3 is 2.62 bits per heavy atom. The van der Waals surface area contributed by atoms with Crippen molar-refractivity contribution in [2.24, 2.45) is 5.92 Å². The molecule has 0 atom stereocenters. The van der Waals surface area contributed by atoms with Crippen molar-refractivity contribution in [2.75, 3.05) is 12.4 Å². The second kappa shape index (κ2) is 7.29. The maximum Gasteiger partial charge on any atom is 0.292 e. The van der Waals surface area contributed by atoms with Gasteiger partial charge in [0, 0.05) is 18.2 Å². The summed E-state index contributed by atoms with van der Waals surface area (Å²) in [6.45, 7) is 2.23. The number of hydrogen-bond acceptors (Lipinski definition) is 4. The van der Waals surface area contributed by atoms with Crippen LogP contribution >= 0.6 is 0 Å². The zero-order valence-corrected chi connectivity index (χ0v) is 12.8. The molecule has 0 saturated heterocycles. The molecule has 5 nitrogen and oxygen atoms in total. The molecule has 0 unspecified atom stereocenters. The summed E-state index contributed by atoms with van der Waals surface area (Å²) in [5.74, 6) is 1.47. The molecule has 0 aliphatic heterocycles. The maximum atomic E-state index is 11.1. The minimum Gasteiger partial charge on any atom is -0.497 e. The van der Waals surface area contributed by atoms with E-state index in [1.807, 2.05) is 0 Å². The Hall–Kier alpha value is -1.78. The van der Waals surface area contributed by atoms with E-state index in [1.165, 1.54) is 31.7 Å². The minimum atomic E-state index is -0.343. The fourth-order valence-corrected chi connectivity index (χ4v) is 3.14. The van der Waals surface area contributed by atoms with Gasteiger partial charge in [0.2, 0.25) is 0 Å². The zero-order chi connectivity index (χ0) is 15.2. The summed E-state index contributed by atoms with van der Waals surface area (Å²) >= 11 is 0. The highest BCUT2D eigenvalue weighted by atomic mass is 16.6. The number of anilines is 1. The van der Waals surface area contributed by atoms with Gasteiger partial charge in [-0.3, -0.25) is 10.1 Å². The zero-order valence-electron chi connectivity index (χ0n) is 12.8. The van der Waals surface area contributed by atoms with Crippen LogP contribution in [-0.2, 0) is 0 Å². The highest BCUT2D eigenvalue weighted by Gasteiger charge is 2.23. The molecule has 0 radical (unpaired) electrons. The van der Waals surface area contributed by atoms with Crippen molar-refractivity contribution in [3.05, 3.63) is 28.3 Å². The van der Waals surface area contributed by atoms with Crippen molar-refractivity contribution < 1.29 is 9.66 Å². The van der Waals surface area contributed by atoms with Gasteiger partial charge in [-0.15, -0.1) is 0 Å². The molecule has 1 aromatic carbocycles. The molecule has 116 valence electrons. The Morgan fingerprint density at radius 2 is 2.05 bits per heavy atom. The van der Waals surface area contributed by atoms with Crippen LogP contribution in [0.25, 0.3) is 0 Å². The second-order valence-electron chi connectivity index (χ2n) is 5.79. The summed E-state index contributed by atoms with van der Waals surface area (Å²) in [5, 5.41) is 14.5. The minimum absolute atomic E-state index is 0.117. The number of nitro groups is 1. The van der Waals surface area contributed by atoms with E-state index < -0.39 is 0 Å². The number of rotatable bonds is 6. The first-order valence-electron chi connectivity index (χ1n) is 7.73. The lowest BCUT2D eigenvalue weighted by Crippen LogP contribution is -2.26. The molecule has 0 heterocycles. The Balaban J connectivity index is 2.03. The largest absolute Gasteiger partial charge is 0.497 e. The third-order valence-corrected chi connectivity index (χ3v) is 4.30. The van der Waals surface area contributed by atoms with Crippen molar-refractivity contribution in [1.29, 1.82) is 0 Å². The summed E-state index contributed by atoms with van der Waals surface area (Å²) < 4.78 is 5.17. The predicted molar refractivity (Wildman–Crippen MR) is 83.9 cm³/mol. The molecule has 1 aliphatic rings. The molecule has 0 aromatic heterocycles. The van der Waals surface area contributed by atoms with E-state index in [2.05, 4.69) is 12.2 Å². The first kappa shape index (κ1) is 15.6. The molecule has 5 heteroatoms. The van der Waals surface area contributed by atoms with Gasteiger partial charge in [0.15, 0.2) is 0 Å². The van der Waals surface area contributed by atoms with Crippen molar-refractivity contribution in [3.8, 4) is 5.75 Å². The first-order chi connectivity index (χ1) is 10.1. The second-order valence-corrected chi connectivity index (χ2v) is 5.79. The third-order valence-electron chi connectivity index (χ3n) is 4.30. The number of methoxy groups -OCH3 is 1. The van der Waals surface area contributed by atoms with Gasteiger partial charge in [0.25, 0.3) is 5.69 Å². The smallest absolute Gasteiger partial charge is 0.292 e. The molecule has 2 rings (SSSR count). The fraction of sp³-hybridized carbons (Fsp3) is 0.625. The van der Waals surface area contributed by atoms with Crippen LogP contribution in [0.5, 0.6) is 5.75 Å². The lowest BCUT2D eigenvalue weighted by molar-refractivity contribution is -0.384. The average Bonchev–Trinajstić information content (AvgIpc) is 2.49. The summed E-state index contributed by atoms with van der Waals surface area (Å²) in [6, 6.07) is 5.17. The van der Waals surface area contributed by atoms with Gasteiger partial charge in [-0.1, -0.05) is 19.8 Å². The van der Waals surface area contributed by atoms with Gasteiger partial charge < -0.3 is 10.1 Å². The van der Waals surface area contributed by atoms with Crippen LogP contribution in [0, 0.1) is 16.0 Å². The molecule has 1 N–H and O–H groups in total. The summed E-state index contributed by atoms with van der Waals surface area (Å²) in [5.41, 5.74) is 0.685.